The lowest BCUT2D eigenvalue weighted by Crippen LogP contribution is -2.12. The fourth-order valence-electron chi connectivity index (χ4n) is 1.48. The van der Waals surface area contributed by atoms with E-state index in [9.17, 15) is 8.78 Å². The molecule has 0 saturated carbocycles. The summed E-state index contributed by atoms with van der Waals surface area (Å²) in [6, 6.07) is 8.02. The number of amidine groups is 1. The van der Waals surface area contributed by atoms with Gasteiger partial charge in [0.1, 0.15) is 11.6 Å². The zero-order chi connectivity index (χ0) is 14.7. The number of nitrogens with zero attached hydrogens (tertiary/aromatic N) is 1. The zero-order valence-electron chi connectivity index (χ0n) is 9.98. The number of rotatable bonds is 3. The van der Waals surface area contributed by atoms with Crippen LogP contribution in [0, 0.1) is 11.6 Å². The van der Waals surface area contributed by atoms with Crippen LogP contribution < -0.4 is 5.73 Å². The van der Waals surface area contributed by atoms with Crippen molar-refractivity contribution >= 4 is 29.2 Å². The van der Waals surface area contributed by atoms with Gasteiger partial charge in [0.15, 0.2) is 5.84 Å². The largest absolute Gasteiger partial charge is 0.409 e. The highest BCUT2D eigenvalue weighted by Gasteiger charge is 2.10. The van der Waals surface area contributed by atoms with Crippen molar-refractivity contribution in [2.24, 2.45) is 10.9 Å². The predicted octanol–water partition coefficient (Wildman–Crippen LogP) is 3.86. The summed E-state index contributed by atoms with van der Waals surface area (Å²) in [7, 11) is 0. The van der Waals surface area contributed by atoms with E-state index in [2.05, 4.69) is 5.16 Å². The quantitative estimate of drug-likeness (QED) is 0.391. The summed E-state index contributed by atoms with van der Waals surface area (Å²) in [5.74, 6) is -1.37. The number of benzene rings is 2. The van der Waals surface area contributed by atoms with Crippen LogP contribution in [0.25, 0.3) is 0 Å². The van der Waals surface area contributed by atoms with Gasteiger partial charge in [0.2, 0.25) is 0 Å². The molecule has 0 spiro atoms. The summed E-state index contributed by atoms with van der Waals surface area (Å²) in [5, 5.41) is 11.8. The average molecular weight is 315 g/mol. The maximum Gasteiger partial charge on any atom is 0.170 e. The average Bonchev–Trinajstić information content (AvgIpc) is 2.42. The van der Waals surface area contributed by atoms with Crippen LogP contribution in [0.5, 0.6) is 0 Å². The molecule has 0 aliphatic heterocycles. The van der Waals surface area contributed by atoms with E-state index in [1.807, 2.05) is 0 Å². The third kappa shape index (κ3) is 3.20. The summed E-state index contributed by atoms with van der Waals surface area (Å²) < 4.78 is 26.4. The Balaban J connectivity index is 2.30. The van der Waals surface area contributed by atoms with E-state index in [1.165, 1.54) is 18.2 Å². The number of nitrogens with two attached hydrogens (primary N) is 1. The molecule has 7 heteroatoms. The van der Waals surface area contributed by atoms with E-state index in [1.54, 1.807) is 12.1 Å². The second-order valence-corrected chi connectivity index (χ2v) is 5.30. The van der Waals surface area contributed by atoms with E-state index in [0.29, 0.717) is 15.5 Å². The van der Waals surface area contributed by atoms with E-state index in [-0.39, 0.29) is 10.7 Å². The highest BCUT2D eigenvalue weighted by atomic mass is 35.5. The van der Waals surface area contributed by atoms with Crippen molar-refractivity contribution in [2.45, 2.75) is 9.79 Å². The second-order valence-electron chi connectivity index (χ2n) is 3.81. The van der Waals surface area contributed by atoms with E-state index < -0.39 is 11.6 Å². The molecule has 0 unspecified atom stereocenters. The lowest BCUT2D eigenvalue weighted by molar-refractivity contribution is 0.318. The molecule has 0 radical (unpaired) electrons. The van der Waals surface area contributed by atoms with Gasteiger partial charge in [-0.2, -0.15) is 0 Å². The molecule has 3 nitrogen and oxygen atoms in total. The summed E-state index contributed by atoms with van der Waals surface area (Å²) in [6.45, 7) is 0. The van der Waals surface area contributed by atoms with Crippen LogP contribution in [0.3, 0.4) is 0 Å². The highest BCUT2D eigenvalue weighted by molar-refractivity contribution is 7.99. The maximum atomic E-state index is 13.6. The van der Waals surface area contributed by atoms with Gasteiger partial charge in [-0.1, -0.05) is 28.5 Å². The SMILES string of the molecule is NC(=NO)c1ccc(Sc2ccc(F)cc2F)c(Cl)c1. The Morgan fingerprint density at radius 2 is 1.85 bits per heavy atom. The molecular weight excluding hydrogens is 306 g/mol. The molecule has 0 aromatic heterocycles. The molecule has 104 valence electrons. The number of hydrogen-bond donors (Lipinski definition) is 2. The molecule has 0 aliphatic carbocycles. The van der Waals surface area contributed by atoms with E-state index in [4.69, 9.17) is 22.5 Å². The van der Waals surface area contributed by atoms with Crippen LogP contribution in [-0.4, -0.2) is 11.0 Å². The summed E-state index contributed by atoms with van der Waals surface area (Å²) in [6.07, 6.45) is 0. The van der Waals surface area contributed by atoms with Gasteiger partial charge in [-0.25, -0.2) is 8.78 Å². The Kier molecular flexibility index (Phi) is 4.46. The van der Waals surface area contributed by atoms with Crippen LogP contribution >= 0.6 is 23.4 Å². The van der Waals surface area contributed by atoms with Gasteiger partial charge in [0, 0.05) is 21.4 Å². The van der Waals surface area contributed by atoms with Crippen molar-refractivity contribution in [2.75, 3.05) is 0 Å². The fraction of sp³-hybridized carbons (Fsp3) is 0. The van der Waals surface area contributed by atoms with Crippen molar-refractivity contribution in [3.63, 3.8) is 0 Å². The molecule has 2 aromatic rings. The van der Waals surface area contributed by atoms with Gasteiger partial charge >= 0.3 is 0 Å². The van der Waals surface area contributed by atoms with Gasteiger partial charge in [0.05, 0.1) is 5.02 Å². The van der Waals surface area contributed by atoms with Crippen LogP contribution in [0.1, 0.15) is 5.56 Å². The lowest BCUT2D eigenvalue weighted by atomic mass is 10.2. The van der Waals surface area contributed by atoms with E-state index >= 15 is 0 Å². The molecule has 20 heavy (non-hydrogen) atoms. The topological polar surface area (TPSA) is 58.6 Å². The molecule has 0 heterocycles. The second kappa shape index (κ2) is 6.11. The predicted molar refractivity (Wildman–Crippen MR) is 74.4 cm³/mol. The summed E-state index contributed by atoms with van der Waals surface area (Å²) >= 11 is 7.12. The molecule has 0 atom stereocenters. The highest BCUT2D eigenvalue weighted by Crippen LogP contribution is 2.35. The number of oxime groups is 1. The zero-order valence-corrected chi connectivity index (χ0v) is 11.6. The Morgan fingerprint density at radius 3 is 2.45 bits per heavy atom. The van der Waals surface area contributed by atoms with Crippen molar-refractivity contribution in [1.29, 1.82) is 0 Å². The minimum absolute atomic E-state index is 0.0728. The molecule has 0 fully saturated rings. The van der Waals surface area contributed by atoms with E-state index in [0.717, 1.165) is 17.8 Å². The summed E-state index contributed by atoms with van der Waals surface area (Å²) in [4.78, 5) is 0.830. The molecule has 3 N–H and O–H groups in total. The molecule has 2 aromatic carbocycles. The minimum atomic E-state index is -0.661. The standard InChI is InChI=1S/C13H9ClF2N2OS/c14-9-5-7(13(17)18-19)1-3-11(9)20-12-4-2-8(15)6-10(12)16/h1-6,19H,(H2,17,18). The third-order valence-electron chi connectivity index (χ3n) is 2.45. The van der Waals surface area contributed by atoms with Gasteiger partial charge in [-0.15, -0.1) is 0 Å². The maximum absolute atomic E-state index is 13.6. The van der Waals surface area contributed by atoms with Crippen LogP contribution in [-0.2, 0) is 0 Å². The smallest absolute Gasteiger partial charge is 0.170 e. The van der Waals surface area contributed by atoms with Crippen molar-refractivity contribution < 1.29 is 14.0 Å². The third-order valence-corrected chi connectivity index (χ3v) is 4.00. The lowest BCUT2D eigenvalue weighted by Gasteiger charge is -2.07. The Labute approximate surface area is 123 Å². The van der Waals surface area contributed by atoms with Gasteiger partial charge in [-0.3, -0.25) is 0 Å². The fourth-order valence-corrected chi connectivity index (χ4v) is 2.60. The molecule has 0 amide bonds. The first-order valence-corrected chi connectivity index (χ1v) is 6.61. The van der Waals surface area contributed by atoms with Crippen molar-refractivity contribution in [3.8, 4) is 0 Å². The summed E-state index contributed by atoms with van der Waals surface area (Å²) in [5.41, 5.74) is 5.89. The first-order valence-electron chi connectivity index (χ1n) is 5.41. The minimum Gasteiger partial charge on any atom is -0.409 e. The van der Waals surface area contributed by atoms with Crippen molar-refractivity contribution in [3.05, 3.63) is 58.6 Å². The van der Waals surface area contributed by atoms with Gasteiger partial charge < -0.3 is 10.9 Å². The molecule has 2 rings (SSSR count). The molecule has 0 aliphatic rings. The molecule has 0 bridgehead atoms. The first-order chi connectivity index (χ1) is 9.51. The van der Waals surface area contributed by atoms with Gasteiger partial charge in [-0.05, 0) is 30.3 Å². The number of halogens is 3. The Bertz CT molecular complexity index is 679. The van der Waals surface area contributed by atoms with Gasteiger partial charge in [0.25, 0.3) is 0 Å². The normalized spacial score (nSPS) is 11.7. The Morgan fingerprint density at radius 1 is 1.15 bits per heavy atom. The Hall–Kier alpha value is -1.79. The van der Waals surface area contributed by atoms with Crippen LogP contribution in [0.15, 0.2) is 51.3 Å². The molecular formula is C13H9ClF2N2OS. The monoisotopic (exact) mass is 314 g/mol. The first kappa shape index (κ1) is 14.6. The molecule has 0 saturated heterocycles. The van der Waals surface area contributed by atoms with Crippen LogP contribution in [0.4, 0.5) is 8.78 Å². The van der Waals surface area contributed by atoms with Crippen molar-refractivity contribution in [1.82, 2.24) is 0 Å². The number of hydrogen-bond acceptors (Lipinski definition) is 3. The van der Waals surface area contributed by atoms with Crippen LogP contribution in [0.2, 0.25) is 5.02 Å².